The van der Waals surface area contributed by atoms with Crippen molar-refractivity contribution in [2.24, 2.45) is 0 Å². The molecule has 0 bridgehead atoms. The highest BCUT2D eigenvalue weighted by atomic mass is 35.5. The summed E-state index contributed by atoms with van der Waals surface area (Å²) in [5.41, 5.74) is 1.21. The molecule has 0 spiro atoms. The molecule has 0 aliphatic carbocycles. The van der Waals surface area contributed by atoms with Gasteiger partial charge < -0.3 is 10.6 Å². The second kappa shape index (κ2) is 9.52. The first-order valence-electron chi connectivity index (χ1n) is 7.86. The Morgan fingerprint density at radius 2 is 1.69 bits per heavy atom. The van der Waals surface area contributed by atoms with E-state index in [1.807, 2.05) is 6.92 Å². The van der Waals surface area contributed by atoms with Gasteiger partial charge in [-0.1, -0.05) is 42.3 Å². The number of halogens is 2. The summed E-state index contributed by atoms with van der Waals surface area (Å²) < 4.78 is 0. The summed E-state index contributed by atoms with van der Waals surface area (Å²) in [7, 11) is 0. The molecule has 0 aliphatic rings. The summed E-state index contributed by atoms with van der Waals surface area (Å²) in [6.07, 6.45) is 0.831. The first kappa shape index (κ1) is 20.2. The number of hydrogen-bond acceptors (Lipinski definition) is 3. The Labute approximate surface area is 167 Å². The van der Waals surface area contributed by atoms with Crippen molar-refractivity contribution in [1.29, 1.82) is 0 Å². The fourth-order valence-corrected chi connectivity index (χ4v) is 2.87. The smallest absolute Gasteiger partial charge is 0.257 e. The number of benzene rings is 2. The lowest BCUT2D eigenvalue weighted by Crippen LogP contribution is -2.35. The van der Waals surface area contributed by atoms with Gasteiger partial charge in [0.05, 0.1) is 11.3 Å². The van der Waals surface area contributed by atoms with Crippen LogP contribution in [0.15, 0.2) is 42.5 Å². The monoisotopic (exact) mass is 409 g/mol. The third kappa shape index (κ3) is 5.69. The molecule has 0 atom stereocenters. The normalized spacial score (nSPS) is 10.1. The van der Waals surface area contributed by atoms with E-state index in [9.17, 15) is 9.59 Å². The van der Waals surface area contributed by atoms with E-state index in [-0.39, 0.29) is 16.6 Å². The molecule has 3 N–H and O–H groups in total. The van der Waals surface area contributed by atoms with E-state index in [1.165, 1.54) is 18.2 Å². The molecule has 5 nitrogen and oxygen atoms in total. The second-order valence-electron chi connectivity index (χ2n) is 5.37. The molecule has 26 heavy (non-hydrogen) atoms. The summed E-state index contributed by atoms with van der Waals surface area (Å²) >= 11 is 17.0. The van der Waals surface area contributed by atoms with Crippen LogP contribution in [0.25, 0.3) is 0 Å². The molecule has 0 unspecified atom stereocenters. The van der Waals surface area contributed by atoms with Gasteiger partial charge in [0, 0.05) is 22.2 Å². The van der Waals surface area contributed by atoms with Crippen LogP contribution in [-0.4, -0.2) is 23.5 Å². The van der Waals surface area contributed by atoms with E-state index in [0.717, 1.165) is 6.42 Å². The van der Waals surface area contributed by atoms with E-state index < -0.39 is 5.91 Å². The van der Waals surface area contributed by atoms with Gasteiger partial charge >= 0.3 is 0 Å². The molecule has 8 heteroatoms. The van der Waals surface area contributed by atoms with Crippen LogP contribution in [-0.2, 0) is 0 Å². The SMILES string of the molecule is CCCNC(=O)c1ccccc1NC(=S)NC(=O)c1cc(Cl)cc(Cl)c1. The quantitative estimate of drug-likeness (QED) is 0.645. The topological polar surface area (TPSA) is 70.2 Å². The molecule has 0 saturated heterocycles. The molecular weight excluding hydrogens is 393 g/mol. The predicted molar refractivity (Wildman–Crippen MR) is 109 cm³/mol. The average molecular weight is 410 g/mol. The largest absolute Gasteiger partial charge is 0.352 e. The highest BCUT2D eigenvalue weighted by Crippen LogP contribution is 2.19. The number of carbonyl (C=O) groups is 2. The van der Waals surface area contributed by atoms with Crippen LogP contribution in [0.1, 0.15) is 34.1 Å². The van der Waals surface area contributed by atoms with Crippen LogP contribution < -0.4 is 16.0 Å². The summed E-state index contributed by atoms with van der Waals surface area (Å²) in [5.74, 6) is -0.675. The van der Waals surface area contributed by atoms with E-state index >= 15 is 0 Å². The Morgan fingerprint density at radius 1 is 1.04 bits per heavy atom. The van der Waals surface area contributed by atoms with E-state index in [1.54, 1.807) is 24.3 Å². The molecule has 0 aromatic heterocycles. The fraction of sp³-hybridized carbons (Fsp3) is 0.167. The molecular formula is C18H17Cl2N3O2S. The standard InChI is InChI=1S/C18H17Cl2N3O2S/c1-2-7-21-17(25)14-5-3-4-6-15(14)22-18(26)23-16(24)11-8-12(19)10-13(20)9-11/h3-6,8-10H,2,7H2,1H3,(H,21,25)(H2,22,23,24,26). The minimum Gasteiger partial charge on any atom is -0.352 e. The third-order valence-corrected chi connectivity index (χ3v) is 3.95. The van der Waals surface area contributed by atoms with Gasteiger partial charge in [-0.05, 0) is 49.0 Å². The maximum absolute atomic E-state index is 12.3. The Morgan fingerprint density at radius 3 is 2.35 bits per heavy atom. The number of anilines is 1. The predicted octanol–water partition coefficient (Wildman–Crippen LogP) is 4.26. The second-order valence-corrected chi connectivity index (χ2v) is 6.65. The van der Waals surface area contributed by atoms with Gasteiger partial charge in [0.2, 0.25) is 0 Å². The van der Waals surface area contributed by atoms with Gasteiger partial charge in [-0.2, -0.15) is 0 Å². The highest BCUT2D eigenvalue weighted by molar-refractivity contribution is 7.80. The first-order valence-corrected chi connectivity index (χ1v) is 9.02. The Balaban J connectivity index is 2.08. The minimum atomic E-state index is -0.459. The van der Waals surface area contributed by atoms with Gasteiger partial charge in [-0.15, -0.1) is 0 Å². The van der Waals surface area contributed by atoms with Crippen molar-refractivity contribution in [2.75, 3.05) is 11.9 Å². The van der Waals surface area contributed by atoms with Crippen molar-refractivity contribution >= 4 is 58.0 Å². The minimum absolute atomic E-state index is 0.0573. The van der Waals surface area contributed by atoms with E-state index in [4.69, 9.17) is 35.4 Å². The van der Waals surface area contributed by atoms with Crippen LogP contribution >= 0.6 is 35.4 Å². The average Bonchev–Trinajstić information content (AvgIpc) is 2.59. The zero-order valence-electron chi connectivity index (χ0n) is 13.9. The van der Waals surface area contributed by atoms with Crippen LogP contribution in [0, 0.1) is 0 Å². The Hall–Kier alpha value is -2.15. The molecule has 0 heterocycles. The summed E-state index contributed by atoms with van der Waals surface area (Å²) in [6.45, 7) is 2.54. The molecule has 0 radical (unpaired) electrons. The molecule has 2 rings (SSSR count). The van der Waals surface area contributed by atoms with Crippen LogP contribution in [0.3, 0.4) is 0 Å². The summed E-state index contributed by atoms with van der Waals surface area (Å²) in [4.78, 5) is 24.5. The van der Waals surface area contributed by atoms with Gasteiger partial charge in [0.15, 0.2) is 5.11 Å². The number of amides is 2. The molecule has 2 amide bonds. The number of para-hydroxylation sites is 1. The van der Waals surface area contributed by atoms with Crippen LogP contribution in [0.2, 0.25) is 10.0 Å². The molecule has 0 aliphatic heterocycles. The zero-order chi connectivity index (χ0) is 19.1. The number of thiocarbonyl (C=S) groups is 1. The molecule has 136 valence electrons. The van der Waals surface area contributed by atoms with Crippen molar-refractivity contribution in [3.8, 4) is 0 Å². The molecule has 2 aromatic carbocycles. The fourth-order valence-electron chi connectivity index (χ4n) is 2.14. The Kier molecular flexibility index (Phi) is 7.38. The maximum atomic E-state index is 12.3. The lowest BCUT2D eigenvalue weighted by atomic mass is 10.1. The van der Waals surface area contributed by atoms with E-state index in [2.05, 4.69) is 16.0 Å². The number of hydrogen-bond donors (Lipinski definition) is 3. The van der Waals surface area contributed by atoms with Crippen molar-refractivity contribution in [3.05, 3.63) is 63.6 Å². The molecule has 2 aromatic rings. The van der Waals surface area contributed by atoms with Crippen LogP contribution in [0.4, 0.5) is 5.69 Å². The number of carbonyl (C=O) groups excluding carboxylic acids is 2. The van der Waals surface area contributed by atoms with E-state index in [0.29, 0.717) is 27.8 Å². The van der Waals surface area contributed by atoms with Crippen molar-refractivity contribution in [2.45, 2.75) is 13.3 Å². The zero-order valence-corrected chi connectivity index (χ0v) is 16.3. The number of nitrogens with one attached hydrogen (secondary N) is 3. The van der Waals surface area contributed by atoms with Crippen molar-refractivity contribution in [1.82, 2.24) is 10.6 Å². The van der Waals surface area contributed by atoms with Gasteiger partial charge in [0.1, 0.15) is 0 Å². The van der Waals surface area contributed by atoms with Crippen LogP contribution in [0.5, 0.6) is 0 Å². The van der Waals surface area contributed by atoms with Gasteiger partial charge in [-0.25, -0.2) is 0 Å². The third-order valence-electron chi connectivity index (χ3n) is 3.31. The Bertz CT molecular complexity index is 823. The lowest BCUT2D eigenvalue weighted by molar-refractivity contribution is 0.0952. The summed E-state index contributed by atoms with van der Waals surface area (Å²) in [6, 6.07) is 11.4. The number of rotatable bonds is 5. The van der Waals surface area contributed by atoms with Crippen molar-refractivity contribution in [3.63, 3.8) is 0 Å². The molecule has 0 fully saturated rings. The van der Waals surface area contributed by atoms with Gasteiger partial charge in [0.25, 0.3) is 11.8 Å². The van der Waals surface area contributed by atoms with Crippen molar-refractivity contribution < 1.29 is 9.59 Å². The molecule has 0 saturated carbocycles. The maximum Gasteiger partial charge on any atom is 0.257 e. The van der Waals surface area contributed by atoms with Gasteiger partial charge in [-0.3, -0.25) is 14.9 Å². The highest BCUT2D eigenvalue weighted by Gasteiger charge is 2.14. The summed E-state index contributed by atoms with van der Waals surface area (Å²) in [5, 5.41) is 8.96. The first-order chi connectivity index (χ1) is 12.4. The lowest BCUT2D eigenvalue weighted by Gasteiger charge is -2.13.